The highest BCUT2D eigenvalue weighted by atomic mass is 32.1. The molecule has 2 heterocycles. The molecule has 0 unspecified atom stereocenters. The van der Waals surface area contributed by atoms with Gasteiger partial charge in [0, 0.05) is 28.5 Å². The Labute approximate surface area is 157 Å². The number of hydrogen-bond donors (Lipinski definition) is 2. The Morgan fingerprint density at radius 3 is 2.85 bits per heavy atom. The SMILES string of the molecule is CC1(C)CCc2sc(-c3cccc(N4CC(ON)C4)c3)c(C(=O)O)c2C1. The number of carboxylic acids is 1. The molecule has 1 aliphatic heterocycles. The smallest absolute Gasteiger partial charge is 0.337 e. The maximum Gasteiger partial charge on any atom is 0.337 e. The number of carbonyl (C=O) groups is 1. The van der Waals surface area contributed by atoms with Crippen LogP contribution in [-0.2, 0) is 17.7 Å². The summed E-state index contributed by atoms with van der Waals surface area (Å²) in [7, 11) is 0. The van der Waals surface area contributed by atoms with Crippen LogP contribution in [0.3, 0.4) is 0 Å². The first-order valence-electron chi connectivity index (χ1n) is 8.97. The van der Waals surface area contributed by atoms with Crippen LogP contribution < -0.4 is 10.8 Å². The van der Waals surface area contributed by atoms with E-state index in [9.17, 15) is 9.90 Å². The van der Waals surface area contributed by atoms with E-state index in [4.69, 9.17) is 10.7 Å². The zero-order valence-corrected chi connectivity index (χ0v) is 15.9. The Kier molecular flexibility index (Phi) is 4.29. The normalized spacial score (nSPS) is 19.1. The summed E-state index contributed by atoms with van der Waals surface area (Å²) >= 11 is 1.65. The van der Waals surface area contributed by atoms with Gasteiger partial charge in [0.2, 0.25) is 0 Å². The number of carboxylic acid groups (broad SMARTS) is 1. The first-order chi connectivity index (χ1) is 12.4. The number of rotatable bonds is 4. The van der Waals surface area contributed by atoms with Crippen LogP contribution in [-0.4, -0.2) is 30.3 Å². The summed E-state index contributed by atoms with van der Waals surface area (Å²) < 4.78 is 0. The van der Waals surface area contributed by atoms with Crippen LogP contribution in [0.2, 0.25) is 0 Å². The minimum absolute atomic E-state index is 0.0736. The molecule has 2 aliphatic rings. The predicted octanol–water partition coefficient (Wildman–Crippen LogP) is 3.71. The van der Waals surface area contributed by atoms with Gasteiger partial charge >= 0.3 is 5.97 Å². The zero-order chi connectivity index (χ0) is 18.5. The van der Waals surface area contributed by atoms with Crippen molar-refractivity contribution in [1.29, 1.82) is 0 Å². The van der Waals surface area contributed by atoms with Gasteiger partial charge in [0.1, 0.15) is 6.10 Å². The van der Waals surface area contributed by atoms with E-state index < -0.39 is 5.97 Å². The van der Waals surface area contributed by atoms with Gasteiger partial charge < -0.3 is 10.0 Å². The molecule has 4 rings (SSSR count). The molecule has 1 aliphatic carbocycles. The largest absolute Gasteiger partial charge is 0.478 e. The van der Waals surface area contributed by atoms with Crippen LogP contribution in [0.5, 0.6) is 0 Å². The van der Waals surface area contributed by atoms with E-state index in [-0.39, 0.29) is 11.5 Å². The van der Waals surface area contributed by atoms with Crippen molar-refractivity contribution < 1.29 is 14.7 Å². The fourth-order valence-electron chi connectivity index (χ4n) is 3.93. The minimum atomic E-state index is -0.818. The fraction of sp³-hybridized carbons (Fsp3) is 0.450. The van der Waals surface area contributed by atoms with Crippen LogP contribution in [0, 0.1) is 5.41 Å². The molecule has 26 heavy (non-hydrogen) atoms. The second-order valence-corrected chi connectivity index (χ2v) is 9.17. The van der Waals surface area contributed by atoms with Crippen molar-refractivity contribution in [1.82, 2.24) is 0 Å². The summed E-state index contributed by atoms with van der Waals surface area (Å²) in [6.45, 7) is 5.97. The lowest BCUT2D eigenvalue weighted by molar-refractivity contribution is 0.0339. The first-order valence-corrected chi connectivity index (χ1v) is 9.78. The Hall–Kier alpha value is -1.89. The standard InChI is InChI=1S/C20H24N2O3S/c1-20(2)7-6-16-15(9-20)17(19(23)24)18(26-16)12-4-3-5-13(8-12)22-10-14(11-22)25-21/h3-5,8,14H,6-7,9-11,21H2,1-2H3,(H,23,24). The molecule has 3 N–H and O–H groups in total. The Balaban J connectivity index is 1.72. The van der Waals surface area contributed by atoms with E-state index in [0.29, 0.717) is 5.56 Å². The van der Waals surface area contributed by atoms with Crippen molar-refractivity contribution in [2.45, 2.75) is 39.2 Å². The number of anilines is 1. The number of hydrogen-bond acceptors (Lipinski definition) is 5. The van der Waals surface area contributed by atoms with Crippen molar-refractivity contribution in [2.75, 3.05) is 18.0 Å². The molecule has 1 aromatic heterocycles. The average Bonchev–Trinajstić information content (AvgIpc) is 2.91. The predicted molar refractivity (Wildman–Crippen MR) is 104 cm³/mol. The highest BCUT2D eigenvalue weighted by Crippen LogP contribution is 2.45. The van der Waals surface area contributed by atoms with E-state index >= 15 is 0 Å². The van der Waals surface area contributed by atoms with Gasteiger partial charge in [0.05, 0.1) is 5.56 Å². The molecule has 1 fully saturated rings. The van der Waals surface area contributed by atoms with Crippen molar-refractivity contribution in [3.8, 4) is 10.4 Å². The van der Waals surface area contributed by atoms with E-state index in [2.05, 4.69) is 24.8 Å². The van der Waals surface area contributed by atoms with Crippen LogP contribution in [0.15, 0.2) is 24.3 Å². The van der Waals surface area contributed by atoms with E-state index in [1.54, 1.807) is 11.3 Å². The van der Waals surface area contributed by atoms with Gasteiger partial charge in [-0.25, -0.2) is 10.7 Å². The third-order valence-corrected chi connectivity index (χ3v) is 6.84. The van der Waals surface area contributed by atoms with E-state index in [1.807, 2.05) is 18.2 Å². The fourth-order valence-corrected chi connectivity index (χ4v) is 5.23. The number of aryl methyl sites for hydroxylation is 1. The van der Waals surface area contributed by atoms with E-state index in [0.717, 1.165) is 54.0 Å². The van der Waals surface area contributed by atoms with Crippen molar-refractivity contribution in [3.63, 3.8) is 0 Å². The molecule has 0 saturated carbocycles. The lowest BCUT2D eigenvalue weighted by Gasteiger charge is -2.39. The molecule has 2 aromatic rings. The van der Waals surface area contributed by atoms with Crippen LogP contribution >= 0.6 is 11.3 Å². The molecule has 6 heteroatoms. The average molecular weight is 372 g/mol. The highest BCUT2D eigenvalue weighted by Gasteiger charge is 2.33. The summed E-state index contributed by atoms with van der Waals surface area (Å²) in [6.07, 6.45) is 2.98. The maximum absolute atomic E-state index is 12.1. The molecule has 0 amide bonds. The van der Waals surface area contributed by atoms with Gasteiger partial charge in [-0.3, -0.25) is 4.84 Å². The van der Waals surface area contributed by atoms with Crippen LogP contribution in [0.4, 0.5) is 5.69 Å². The molecule has 0 radical (unpaired) electrons. The molecule has 5 nitrogen and oxygen atoms in total. The molecular weight excluding hydrogens is 348 g/mol. The summed E-state index contributed by atoms with van der Waals surface area (Å²) in [5.41, 5.74) is 3.76. The van der Waals surface area contributed by atoms with Gasteiger partial charge in [0.15, 0.2) is 0 Å². The van der Waals surface area contributed by atoms with Gasteiger partial charge in [-0.05, 0) is 47.9 Å². The number of fused-ring (bicyclic) bond motifs is 1. The number of nitrogens with zero attached hydrogens (tertiary/aromatic N) is 1. The number of aromatic carboxylic acids is 1. The minimum Gasteiger partial charge on any atom is -0.478 e. The number of benzene rings is 1. The van der Waals surface area contributed by atoms with Crippen molar-refractivity contribution in [2.24, 2.45) is 11.3 Å². The van der Waals surface area contributed by atoms with Gasteiger partial charge in [-0.2, -0.15) is 0 Å². The third kappa shape index (κ3) is 3.02. The van der Waals surface area contributed by atoms with Crippen LogP contribution in [0.25, 0.3) is 10.4 Å². The Bertz CT molecular complexity index is 853. The van der Waals surface area contributed by atoms with Crippen molar-refractivity contribution >= 4 is 23.0 Å². The second-order valence-electron chi connectivity index (χ2n) is 8.07. The Morgan fingerprint density at radius 2 is 2.15 bits per heavy atom. The maximum atomic E-state index is 12.1. The van der Waals surface area contributed by atoms with Crippen molar-refractivity contribution in [3.05, 3.63) is 40.3 Å². The van der Waals surface area contributed by atoms with Gasteiger partial charge in [-0.1, -0.05) is 26.0 Å². The molecule has 138 valence electrons. The second kappa shape index (κ2) is 6.37. The summed E-state index contributed by atoms with van der Waals surface area (Å²) in [5, 5.41) is 9.91. The monoisotopic (exact) mass is 372 g/mol. The number of nitrogens with two attached hydrogens (primary N) is 1. The van der Waals surface area contributed by atoms with Gasteiger partial charge in [0.25, 0.3) is 0 Å². The molecule has 1 aromatic carbocycles. The molecule has 0 spiro atoms. The molecule has 0 bridgehead atoms. The topological polar surface area (TPSA) is 75.8 Å². The van der Waals surface area contributed by atoms with Crippen LogP contribution in [0.1, 0.15) is 41.1 Å². The first kappa shape index (κ1) is 17.5. The Morgan fingerprint density at radius 1 is 1.38 bits per heavy atom. The third-order valence-electron chi connectivity index (χ3n) is 5.50. The molecule has 0 atom stereocenters. The lowest BCUT2D eigenvalue weighted by atomic mass is 9.76. The van der Waals surface area contributed by atoms with Gasteiger partial charge in [-0.15, -0.1) is 11.3 Å². The highest BCUT2D eigenvalue weighted by molar-refractivity contribution is 7.16. The zero-order valence-electron chi connectivity index (χ0n) is 15.1. The lowest BCUT2D eigenvalue weighted by Crippen LogP contribution is -2.53. The summed E-state index contributed by atoms with van der Waals surface area (Å²) in [5.74, 6) is 4.42. The van der Waals surface area contributed by atoms with E-state index in [1.165, 1.54) is 4.88 Å². The number of thiophene rings is 1. The summed E-state index contributed by atoms with van der Waals surface area (Å²) in [6, 6.07) is 8.14. The quantitative estimate of drug-likeness (QED) is 0.800. The molecular formula is C20H24N2O3S. The molecule has 1 saturated heterocycles. The summed E-state index contributed by atoms with van der Waals surface area (Å²) in [4.78, 5) is 21.2.